The van der Waals surface area contributed by atoms with Crippen LogP contribution in [0.5, 0.6) is 0 Å². The smallest absolute Gasteiger partial charge is 0.319 e. The third-order valence-electron chi connectivity index (χ3n) is 4.60. The van der Waals surface area contributed by atoms with Crippen molar-refractivity contribution in [3.8, 4) is 0 Å². The van der Waals surface area contributed by atoms with Gasteiger partial charge in [0.15, 0.2) is 0 Å². The van der Waals surface area contributed by atoms with Gasteiger partial charge >= 0.3 is 6.03 Å². The molecule has 0 aliphatic rings. The standard InChI is InChI=1S/C20H26N4O3/c1-3-19-23-17-11-15(7-8-18(17)24(19)4-2)22-20(26)21-12-14(13-25)10-16-6-5-9-27-16/h5-9,11,14,25H,3-4,10,12-13H2,1-2H3,(H2,21,22,26)/t14-/m0/s1. The van der Waals surface area contributed by atoms with Gasteiger partial charge in [0.25, 0.3) is 0 Å². The van der Waals surface area contributed by atoms with Crippen LogP contribution in [-0.4, -0.2) is 33.8 Å². The normalized spacial score (nSPS) is 12.3. The molecule has 0 saturated heterocycles. The molecule has 2 aromatic heterocycles. The Labute approximate surface area is 158 Å². The van der Waals surface area contributed by atoms with Gasteiger partial charge in [0, 0.05) is 44.1 Å². The molecule has 2 heterocycles. The Balaban J connectivity index is 1.60. The van der Waals surface area contributed by atoms with Gasteiger partial charge in [-0.25, -0.2) is 9.78 Å². The summed E-state index contributed by atoms with van der Waals surface area (Å²) in [6.45, 7) is 5.38. The first-order chi connectivity index (χ1) is 13.1. The van der Waals surface area contributed by atoms with E-state index in [9.17, 15) is 9.90 Å². The Kier molecular flexibility index (Phi) is 6.13. The van der Waals surface area contributed by atoms with Crippen molar-refractivity contribution < 1.29 is 14.3 Å². The van der Waals surface area contributed by atoms with E-state index in [0.717, 1.165) is 35.6 Å². The molecule has 27 heavy (non-hydrogen) atoms. The Bertz CT molecular complexity index is 886. The van der Waals surface area contributed by atoms with Crippen LogP contribution in [0.2, 0.25) is 0 Å². The van der Waals surface area contributed by atoms with Gasteiger partial charge in [-0.3, -0.25) is 0 Å². The number of carbonyl (C=O) groups is 1. The fourth-order valence-electron chi connectivity index (χ4n) is 3.21. The number of nitrogens with one attached hydrogen (secondary N) is 2. The zero-order valence-corrected chi connectivity index (χ0v) is 15.7. The van der Waals surface area contributed by atoms with Crippen LogP contribution in [0.25, 0.3) is 11.0 Å². The van der Waals surface area contributed by atoms with Gasteiger partial charge in [-0.15, -0.1) is 0 Å². The van der Waals surface area contributed by atoms with E-state index >= 15 is 0 Å². The fourth-order valence-corrected chi connectivity index (χ4v) is 3.21. The lowest BCUT2D eigenvalue weighted by Gasteiger charge is -2.14. The average Bonchev–Trinajstić information content (AvgIpc) is 3.31. The summed E-state index contributed by atoms with van der Waals surface area (Å²) in [5.74, 6) is 1.73. The number of amides is 2. The molecule has 2 amide bonds. The van der Waals surface area contributed by atoms with Gasteiger partial charge in [0.05, 0.1) is 17.3 Å². The number of urea groups is 1. The number of aryl methyl sites for hydroxylation is 2. The molecule has 0 aliphatic heterocycles. The average molecular weight is 370 g/mol. The summed E-state index contributed by atoms with van der Waals surface area (Å²) in [5, 5.41) is 15.1. The molecule has 3 aromatic rings. The highest BCUT2D eigenvalue weighted by Gasteiger charge is 2.13. The molecular weight excluding hydrogens is 344 g/mol. The number of benzene rings is 1. The maximum absolute atomic E-state index is 12.2. The summed E-state index contributed by atoms with van der Waals surface area (Å²) in [7, 11) is 0. The third-order valence-corrected chi connectivity index (χ3v) is 4.60. The maximum atomic E-state index is 12.2. The Morgan fingerprint density at radius 3 is 2.85 bits per heavy atom. The molecule has 7 nitrogen and oxygen atoms in total. The topological polar surface area (TPSA) is 92.3 Å². The Morgan fingerprint density at radius 1 is 1.33 bits per heavy atom. The highest BCUT2D eigenvalue weighted by atomic mass is 16.3. The number of carbonyl (C=O) groups excluding carboxylic acids is 1. The lowest BCUT2D eigenvalue weighted by Crippen LogP contribution is -2.34. The number of anilines is 1. The molecule has 144 valence electrons. The largest absolute Gasteiger partial charge is 0.469 e. The van der Waals surface area contributed by atoms with Crippen molar-refractivity contribution in [2.45, 2.75) is 33.2 Å². The number of fused-ring (bicyclic) bond motifs is 1. The van der Waals surface area contributed by atoms with Gasteiger partial charge in [0.2, 0.25) is 0 Å². The van der Waals surface area contributed by atoms with E-state index in [0.29, 0.717) is 18.7 Å². The third kappa shape index (κ3) is 4.49. The number of furan rings is 1. The minimum Gasteiger partial charge on any atom is -0.469 e. The molecule has 3 rings (SSSR count). The number of rotatable bonds is 8. The van der Waals surface area contributed by atoms with Crippen LogP contribution in [-0.2, 0) is 19.4 Å². The second-order valence-corrected chi connectivity index (χ2v) is 6.50. The quantitative estimate of drug-likeness (QED) is 0.568. The summed E-state index contributed by atoms with van der Waals surface area (Å²) in [6, 6.07) is 9.10. The summed E-state index contributed by atoms with van der Waals surface area (Å²) >= 11 is 0. The lowest BCUT2D eigenvalue weighted by atomic mass is 10.1. The lowest BCUT2D eigenvalue weighted by molar-refractivity contribution is 0.213. The maximum Gasteiger partial charge on any atom is 0.319 e. The number of imidazole rings is 1. The first kappa shape index (κ1) is 19.0. The van der Waals surface area contributed by atoms with Crippen molar-refractivity contribution in [3.05, 3.63) is 48.2 Å². The molecule has 0 unspecified atom stereocenters. The van der Waals surface area contributed by atoms with Crippen LogP contribution >= 0.6 is 0 Å². The van der Waals surface area contributed by atoms with Crippen molar-refractivity contribution >= 4 is 22.8 Å². The van der Waals surface area contributed by atoms with Crippen molar-refractivity contribution in [1.29, 1.82) is 0 Å². The first-order valence-electron chi connectivity index (χ1n) is 9.31. The highest BCUT2D eigenvalue weighted by molar-refractivity contribution is 5.92. The minimum absolute atomic E-state index is 0.0266. The van der Waals surface area contributed by atoms with E-state index in [-0.39, 0.29) is 18.6 Å². The molecule has 1 atom stereocenters. The fraction of sp³-hybridized carbons (Fsp3) is 0.400. The molecule has 0 saturated carbocycles. The van der Waals surface area contributed by atoms with Crippen molar-refractivity contribution in [3.63, 3.8) is 0 Å². The van der Waals surface area contributed by atoms with Crippen molar-refractivity contribution in [2.24, 2.45) is 5.92 Å². The van der Waals surface area contributed by atoms with Crippen LogP contribution in [0.15, 0.2) is 41.0 Å². The van der Waals surface area contributed by atoms with E-state index in [4.69, 9.17) is 4.42 Å². The number of aliphatic hydroxyl groups excluding tert-OH is 1. The molecule has 0 spiro atoms. The predicted molar refractivity (Wildman–Crippen MR) is 105 cm³/mol. The van der Waals surface area contributed by atoms with Crippen molar-refractivity contribution in [1.82, 2.24) is 14.9 Å². The van der Waals surface area contributed by atoms with Gasteiger partial charge in [-0.05, 0) is 37.3 Å². The number of aromatic nitrogens is 2. The van der Waals surface area contributed by atoms with E-state index in [1.165, 1.54) is 0 Å². The van der Waals surface area contributed by atoms with E-state index in [1.54, 1.807) is 6.26 Å². The van der Waals surface area contributed by atoms with Crippen LogP contribution in [0.4, 0.5) is 10.5 Å². The Hall–Kier alpha value is -2.80. The summed E-state index contributed by atoms with van der Waals surface area (Å²) in [4.78, 5) is 16.8. The molecule has 0 fully saturated rings. The van der Waals surface area contributed by atoms with Crippen LogP contribution in [0, 0.1) is 5.92 Å². The molecular formula is C20H26N4O3. The summed E-state index contributed by atoms with van der Waals surface area (Å²) < 4.78 is 7.47. The van der Waals surface area contributed by atoms with Crippen LogP contribution in [0.1, 0.15) is 25.4 Å². The molecule has 0 aliphatic carbocycles. The van der Waals surface area contributed by atoms with Gasteiger partial charge in [-0.1, -0.05) is 6.92 Å². The van der Waals surface area contributed by atoms with Crippen LogP contribution < -0.4 is 10.6 Å². The second-order valence-electron chi connectivity index (χ2n) is 6.50. The highest BCUT2D eigenvalue weighted by Crippen LogP contribution is 2.21. The van der Waals surface area contributed by atoms with Crippen LogP contribution in [0.3, 0.4) is 0 Å². The summed E-state index contributed by atoms with van der Waals surface area (Å²) in [5.41, 5.74) is 2.63. The van der Waals surface area contributed by atoms with E-state index in [2.05, 4.69) is 34.0 Å². The molecule has 0 radical (unpaired) electrons. The predicted octanol–water partition coefficient (Wildman–Crippen LogP) is 3.18. The molecule has 3 N–H and O–H groups in total. The van der Waals surface area contributed by atoms with E-state index in [1.807, 2.05) is 30.3 Å². The van der Waals surface area contributed by atoms with Gasteiger partial charge < -0.3 is 24.7 Å². The van der Waals surface area contributed by atoms with E-state index < -0.39 is 0 Å². The molecule has 1 aromatic carbocycles. The molecule has 7 heteroatoms. The zero-order chi connectivity index (χ0) is 19.2. The summed E-state index contributed by atoms with van der Waals surface area (Å²) in [6.07, 6.45) is 3.04. The zero-order valence-electron chi connectivity index (χ0n) is 15.7. The SMILES string of the molecule is CCc1nc2cc(NC(=O)NC[C@@H](CO)Cc3ccco3)ccc2n1CC. The number of hydrogen-bond acceptors (Lipinski definition) is 4. The monoisotopic (exact) mass is 370 g/mol. The number of aliphatic hydroxyl groups is 1. The number of nitrogens with zero attached hydrogens (tertiary/aromatic N) is 2. The minimum atomic E-state index is -0.308. The number of hydrogen-bond donors (Lipinski definition) is 3. The van der Waals surface area contributed by atoms with Gasteiger partial charge in [-0.2, -0.15) is 0 Å². The van der Waals surface area contributed by atoms with Crippen molar-refractivity contribution in [2.75, 3.05) is 18.5 Å². The van der Waals surface area contributed by atoms with Gasteiger partial charge in [0.1, 0.15) is 11.6 Å². The Morgan fingerprint density at radius 2 is 2.19 bits per heavy atom. The first-order valence-corrected chi connectivity index (χ1v) is 9.31. The molecule has 0 bridgehead atoms. The second kappa shape index (κ2) is 8.73.